The van der Waals surface area contributed by atoms with Crippen LogP contribution >= 0.6 is 11.3 Å². The maximum absolute atomic E-state index is 13.3. The summed E-state index contributed by atoms with van der Waals surface area (Å²) in [6, 6.07) is 12.6. The topological polar surface area (TPSA) is 73.0 Å². The normalized spacial score (nSPS) is 15.2. The van der Waals surface area contributed by atoms with Gasteiger partial charge in [-0.05, 0) is 31.1 Å². The van der Waals surface area contributed by atoms with Gasteiger partial charge in [0.2, 0.25) is 11.8 Å². The molecule has 8 heteroatoms. The van der Waals surface area contributed by atoms with Gasteiger partial charge in [-0.1, -0.05) is 36.4 Å². The number of benzene rings is 1. The van der Waals surface area contributed by atoms with Crippen LogP contribution in [-0.2, 0) is 16.0 Å². The summed E-state index contributed by atoms with van der Waals surface area (Å²) in [5, 5.41) is 4.76. The van der Waals surface area contributed by atoms with E-state index in [4.69, 9.17) is 0 Å². The lowest BCUT2D eigenvalue weighted by atomic mass is 10.0. The third-order valence-corrected chi connectivity index (χ3v) is 5.90. The molecule has 0 saturated carbocycles. The molecule has 3 rings (SSSR count). The van der Waals surface area contributed by atoms with Gasteiger partial charge in [0.25, 0.3) is 5.91 Å². The third kappa shape index (κ3) is 5.90. The summed E-state index contributed by atoms with van der Waals surface area (Å²) in [5.41, 5.74) is 0.988. The van der Waals surface area contributed by atoms with Crippen LogP contribution in [0.3, 0.4) is 0 Å². The van der Waals surface area contributed by atoms with Gasteiger partial charge in [0, 0.05) is 32.6 Å². The fourth-order valence-electron chi connectivity index (χ4n) is 3.45. The van der Waals surface area contributed by atoms with Gasteiger partial charge < -0.3 is 20.0 Å². The van der Waals surface area contributed by atoms with Gasteiger partial charge in [-0.2, -0.15) is 0 Å². The van der Waals surface area contributed by atoms with E-state index in [-0.39, 0.29) is 17.7 Å². The Kier molecular flexibility index (Phi) is 7.59. The van der Waals surface area contributed by atoms with Crippen molar-refractivity contribution < 1.29 is 14.4 Å². The molecule has 2 heterocycles. The first-order valence-electron chi connectivity index (χ1n) is 10.0. The minimum atomic E-state index is -0.647. The molecule has 0 bridgehead atoms. The van der Waals surface area contributed by atoms with Gasteiger partial charge in [0.05, 0.1) is 11.4 Å². The molecule has 1 saturated heterocycles. The SMILES string of the molecule is CN(C)CC(=O)N1CCN(C(=O)C(Cc2ccccc2)NC(=O)c2cccs2)CC1. The number of carbonyl (C=O) groups is 3. The highest BCUT2D eigenvalue weighted by Crippen LogP contribution is 2.13. The van der Waals surface area contributed by atoms with Crippen LogP contribution in [0.15, 0.2) is 47.8 Å². The molecule has 1 N–H and O–H groups in total. The third-order valence-electron chi connectivity index (χ3n) is 5.03. The van der Waals surface area contributed by atoms with E-state index in [0.717, 1.165) is 5.56 Å². The largest absolute Gasteiger partial charge is 0.339 e. The first kappa shape index (κ1) is 22.0. The van der Waals surface area contributed by atoms with Crippen LogP contribution in [0.2, 0.25) is 0 Å². The Morgan fingerprint density at radius 3 is 2.27 bits per heavy atom. The number of hydrogen-bond donors (Lipinski definition) is 1. The van der Waals surface area contributed by atoms with E-state index in [0.29, 0.717) is 44.0 Å². The average molecular weight is 429 g/mol. The molecular weight excluding hydrogens is 400 g/mol. The number of nitrogens with zero attached hydrogens (tertiary/aromatic N) is 3. The second kappa shape index (κ2) is 10.4. The van der Waals surface area contributed by atoms with Crippen molar-refractivity contribution in [2.45, 2.75) is 12.5 Å². The zero-order valence-electron chi connectivity index (χ0n) is 17.4. The summed E-state index contributed by atoms with van der Waals surface area (Å²) >= 11 is 1.35. The van der Waals surface area contributed by atoms with Crippen molar-refractivity contribution in [1.29, 1.82) is 0 Å². The van der Waals surface area contributed by atoms with E-state index < -0.39 is 6.04 Å². The van der Waals surface area contributed by atoms with E-state index >= 15 is 0 Å². The first-order valence-corrected chi connectivity index (χ1v) is 10.9. The molecule has 0 spiro atoms. The lowest BCUT2D eigenvalue weighted by Gasteiger charge is -2.37. The molecule has 30 heavy (non-hydrogen) atoms. The van der Waals surface area contributed by atoms with Gasteiger partial charge in [-0.15, -0.1) is 11.3 Å². The monoisotopic (exact) mass is 428 g/mol. The van der Waals surface area contributed by atoms with Crippen LogP contribution in [0.5, 0.6) is 0 Å². The quantitative estimate of drug-likeness (QED) is 0.722. The van der Waals surface area contributed by atoms with E-state index in [1.165, 1.54) is 11.3 Å². The van der Waals surface area contributed by atoms with E-state index in [9.17, 15) is 14.4 Å². The Hall–Kier alpha value is -2.71. The Bertz CT molecular complexity index is 847. The predicted molar refractivity (Wildman–Crippen MR) is 117 cm³/mol. The summed E-state index contributed by atoms with van der Waals surface area (Å²) < 4.78 is 0. The van der Waals surface area contributed by atoms with Crippen molar-refractivity contribution in [2.24, 2.45) is 0 Å². The highest BCUT2D eigenvalue weighted by atomic mass is 32.1. The highest BCUT2D eigenvalue weighted by molar-refractivity contribution is 7.12. The maximum Gasteiger partial charge on any atom is 0.262 e. The van der Waals surface area contributed by atoms with Crippen LogP contribution < -0.4 is 5.32 Å². The number of amides is 3. The number of nitrogens with one attached hydrogen (secondary N) is 1. The first-order chi connectivity index (χ1) is 14.4. The van der Waals surface area contributed by atoms with Crippen LogP contribution in [0.1, 0.15) is 15.2 Å². The lowest BCUT2D eigenvalue weighted by Crippen LogP contribution is -2.57. The maximum atomic E-state index is 13.3. The number of thiophene rings is 1. The molecular formula is C22H28N4O3S. The van der Waals surface area contributed by atoms with Crippen molar-refractivity contribution in [2.75, 3.05) is 46.8 Å². The van der Waals surface area contributed by atoms with E-state index in [1.807, 2.05) is 60.8 Å². The fourth-order valence-corrected chi connectivity index (χ4v) is 4.08. The second-order valence-electron chi connectivity index (χ2n) is 7.64. The standard InChI is InChI=1S/C22H28N4O3S/c1-24(2)16-20(27)25-10-12-26(13-11-25)22(29)18(15-17-7-4-3-5-8-17)23-21(28)19-9-6-14-30-19/h3-9,14,18H,10-13,15-16H2,1-2H3,(H,23,28). The predicted octanol–water partition coefficient (Wildman–Crippen LogP) is 1.32. The Morgan fingerprint density at radius 2 is 1.67 bits per heavy atom. The van der Waals surface area contributed by atoms with Crippen LogP contribution in [0.4, 0.5) is 0 Å². The van der Waals surface area contributed by atoms with E-state index in [2.05, 4.69) is 5.32 Å². The van der Waals surface area contributed by atoms with Gasteiger partial charge in [-0.3, -0.25) is 14.4 Å². The molecule has 160 valence electrons. The van der Waals surface area contributed by atoms with Crippen molar-refractivity contribution in [3.8, 4) is 0 Å². The van der Waals surface area contributed by atoms with Gasteiger partial charge in [-0.25, -0.2) is 0 Å². The van der Waals surface area contributed by atoms with Crippen molar-refractivity contribution in [3.05, 3.63) is 58.3 Å². The Morgan fingerprint density at radius 1 is 1.00 bits per heavy atom. The molecule has 2 aromatic rings. The molecule has 1 aromatic heterocycles. The average Bonchev–Trinajstić information content (AvgIpc) is 3.28. The number of carbonyl (C=O) groups excluding carboxylic acids is 3. The summed E-state index contributed by atoms with van der Waals surface area (Å²) in [6.07, 6.45) is 0.427. The molecule has 1 atom stereocenters. The number of piperazine rings is 1. The molecule has 1 unspecified atom stereocenters. The van der Waals surface area contributed by atoms with Gasteiger partial charge in [0.15, 0.2) is 0 Å². The lowest BCUT2D eigenvalue weighted by molar-refractivity contribution is -0.141. The zero-order chi connectivity index (χ0) is 21.5. The van der Waals surface area contributed by atoms with Crippen molar-refractivity contribution in [3.63, 3.8) is 0 Å². The molecule has 1 aliphatic rings. The van der Waals surface area contributed by atoms with Crippen molar-refractivity contribution >= 4 is 29.1 Å². The minimum Gasteiger partial charge on any atom is -0.339 e. The molecule has 3 amide bonds. The summed E-state index contributed by atoms with van der Waals surface area (Å²) in [4.78, 5) is 44.1. The van der Waals surface area contributed by atoms with Gasteiger partial charge >= 0.3 is 0 Å². The van der Waals surface area contributed by atoms with Crippen LogP contribution in [0.25, 0.3) is 0 Å². The molecule has 1 aromatic carbocycles. The minimum absolute atomic E-state index is 0.0685. The molecule has 0 radical (unpaired) electrons. The summed E-state index contributed by atoms with van der Waals surface area (Å²) in [7, 11) is 3.73. The fraction of sp³-hybridized carbons (Fsp3) is 0.409. The molecule has 1 fully saturated rings. The molecule has 0 aliphatic carbocycles. The smallest absolute Gasteiger partial charge is 0.262 e. The van der Waals surface area contributed by atoms with Gasteiger partial charge in [0.1, 0.15) is 6.04 Å². The number of hydrogen-bond acceptors (Lipinski definition) is 5. The molecule has 7 nitrogen and oxygen atoms in total. The summed E-state index contributed by atoms with van der Waals surface area (Å²) in [5.74, 6) is -0.276. The Labute approximate surface area is 181 Å². The zero-order valence-corrected chi connectivity index (χ0v) is 18.2. The van der Waals surface area contributed by atoms with Crippen molar-refractivity contribution in [1.82, 2.24) is 20.0 Å². The molecule has 1 aliphatic heterocycles. The second-order valence-corrected chi connectivity index (χ2v) is 8.58. The van der Waals surface area contributed by atoms with Crippen LogP contribution in [0, 0.1) is 0 Å². The van der Waals surface area contributed by atoms with E-state index in [1.54, 1.807) is 15.9 Å². The number of likely N-dealkylation sites (N-methyl/N-ethyl adjacent to an activating group) is 1. The summed E-state index contributed by atoms with van der Waals surface area (Å²) in [6.45, 7) is 2.32. The Balaban J connectivity index is 1.66. The van der Waals surface area contributed by atoms with Crippen LogP contribution in [-0.4, -0.2) is 85.3 Å². The highest BCUT2D eigenvalue weighted by Gasteiger charge is 2.30. The number of rotatable bonds is 7.